The summed E-state index contributed by atoms with van der Waals surface area (Å²) in [4.78, 5) is 6.83. The van der Waals surface area contributed by atoms with Gasteiger partial charge < -0.3 is 19.5 Å². The molecule has 38 heavy (non-hydrogen) atoms. The minimum absolute atomic E-state index is 0.153. The third-order valence-corrected chi connectivity index (χ3v) is 7.25. The van der Waals surface area contributed by atoms with Crippen LogP contribution in [0.1, 0.15) is 29.0 Å². The second-order valence-corrected chi connectivity index (χ2v) is 9.96. The molecule has 3 heterocycles. The number of anilines is 1. The van der Waals surface area contributed by atoms with Crippen LogP contribution in [0.4, 0.5) is 5.69 Å². The Labute approximate surface area is 232 Å². The van der Waals surface area contributed by atoms with Crippen LogP contribution in [0.3, 0.4) is 0 Å². The normalized spacial score (nSPS) is 16.9. The minimum Gasteiger partial charge on any atom is -0.457 e. The molecular weight excluding hydrogens is 512 g/mol. The van der Waals surface area contributed by atoms with E-state index in [2.05, 4.69) is 32.0 Å². The fourth-order valence-electron chi connectivity index (χ4n) is 4.90. The zero-order valence-electron chi connectivity index (χ0n) is 20.7. The predicted octanol–water partition coefficient (Wildman–Crippen LogP) is 7.80. The van der Waals surface area contributed by atoms with Gasteiger partial charge >= 0.3 is 0 Å². The third-order valence-electron chi connectivity index (χ3n) is 6.70. The maximum Gasteiger partial charge on any atom is 0.174 e. The number of hydrogen-bond donors (Lipinski definition) is 1. The van der Waals surface area contributed by atoms with Crippen LogP contribution in [0, 0.1) is 6.92 Å². The molecule has 7 heteroatoms. The molecule has 1 aliphatic rings. The van der Waals surface area contributed by atoms with Crippen molar-refractivity contribution in [1.29, 1.82) is 0 Å². The number of aryl methyl sites for hydroxylation is 1. The van der Waals surface area contributed by atoms with E-state index in [0.29, 0.717) is 10.1 Å². The highest BCUT2D eigenvalue weighted by atomic mass is 35.5. The van der Waals surface area contributed by atoms with Gasteiger partial charge in [0.05, 0.1) is 11.7 Å². The first kappa shape index (κ1) is 24.2. The quantitative estimate of drug-likeness (QED) is 0.224. The third kappa shape index (κ3) is 4.64. The number of hydrogen-bond acceptors (Lipinski definition) is 3. The largest absolute Gasteiger partial charge is 0.457 e. The number of nitrogens with one attached hydrogen (secondary N) is 1. The number of aromatic nitrogens is 2. The van der Waals surface area contributed by atoms with E-state index in [0.717, 1.165) is 39.8 Å². The topological polar surface area (TPSA) is 42.3 Å². The lowest BCUT2D eigenvalue weighted by Crippen LogP contribution is -2.30. The Morgan fingerprint density at radius 3 is 2.45 bits per heavy atom. The van der Waals surface area contributed by atoms with Gasteiger partial charge in [0.2, 0.25) is 0 Å². The fourth-order valence-corrected chi connectivity index (χ4v) is 5.43. The summed E-state index contributed by atoms with van der Waals surface area (Å²) in [6, 6.07) is 33.7. The summed E-state index contributed by atoms with van der Waals surface area (Å²) >= 11 is 12.3. The molecule has 0 unspecified atom stereocenters. The van der Waals surface area contributed by atoms with Crippen LogP contribution in [0.2, 0.25) is 5.02 Å². The second-order valence-electron chi connectivity index (χ2n) is 9.14. The molecule has 0 spiro atoms. The van der Waals surface area contributed by atoms with Gasteiger partial charge in [-0.1, -0.05) is 41.9 Å². The van der Waals surface area contributed by atoms with E-state index in [4.69, 9.17) is 28.6 Å². The number of para-hydroxylation sites is 1. The number of ether oxygens (including phenoxy) is 1. The highest BCUT2D eigenvalue weighted by Gasteiger charge is 2.42. The van der Waals surface area contributed by atoms with Crippen LogP contribution in [-0.4, -0.2) is 14.7 Å². The van der Waals surface area contributed by atoms with Gasteiger partial charge in [-0.15, -0.1) is 0 Å². The highest BCUT2D eigenvalue weighted by Crippen LogP contribution is 2.42. The van der Waals surface area contributed by atoms with Crippen molar-refractivity contribution in [3.63, 3.8) is 0 Å². The molecule has 188 valence electrons. The van der Waals surface area contributed by atoms with E-state index in [1.807, 2.05) is 110 Å². The van der Waals surface area contributed by atoms with Crippen molar-refractivity contribution in [2.75, 3.05) is 4.90 Å². The van der Waals surface area contributed by atoms with E-state index in [1.54, 1.807) is 0 Å². The van der Waals surface area contributed by atoms with Crippen molar-refractivity contribution in [3.05, 3.63) is 137 Å². The fraction of sp³-hybridized carbons (Fsp3) is 0.0968. The zero-order chi connectivity index (χ0) is 26.1. The monoisotopic (exact) mass is 536 g/mol. The first-order chi connectivity index (χ1) is 18.6. The second kappa shape index (κ2) is 10.3. The van der Waals surface area contributed by atoms with Crippen LogP contribution in [0.25, 0.3) is 5.69 Å². The van der Waals surface area contributed by atoms with Gasteiger partial charge in [0, 0.05) is 34.5 Å². The number of nitrogens with zero attached hydrogens (tertiary/aromatic N) is 3. The number of pyridine rings is 1. The Bertz CT molecular complexity index is 1590. The SMILES string of the molecule is Cc1ccccc1Oc1ccc(N2C(=S)N[C@H](c3ccccn3)[C@@H]2c2cccn2-c2cccc(Cl)c2)cc1. The average Bonchev–Trinajstić information content (AvgIpc) is 3.55. The predicted molar refractivity (Wildman–Crippen MR) is 156 cm³/mol. The molecule has 6 rings (SSSR count). The lowest BCUT2D eigenvalue weighted by atomic mass is 10.0. The van der Waals surface area contributed by atoms with Gasteiger partial charge in [0.1, 0.15) is 17.5 Å². The molecule has 2 aromatic heterocycles. The molecule has 0 saturated carbocycles. The number of halogens is 1. The first-order valence-corrected chi connectivity index (χ1v) is 13.1. The van der Waals surface area contributed by atoms with Crippen molar-refractivity contribution in [2.24, 2.45) is 0 Å². The number of benzene rings is 3. The summed E-state index contributed by atoms with van der Waals surface area (Å²) in [6.07, 6.45) is 3.86. The first-order valence-electron chi connectivity index (χ1n) is 12.4. The standard InChI is InChI=1S/C31H25ClN4OS/c1-21-8-2-3-13-28(21)37-25-16-14-23(15-17-25)36-30(29(34-31(36)38)26-11-4-5-18-33-26)27-12-7-19-35(27)24-10-6-9-22(32)20-24/h2-20,29-30H,1H3,(H,34,38)/t29-,30+/m1/s1. The molecule has 0 bridgehead atoms. The van der Waals surface area contributed by atoms with Crippen LogP contribution in [0.15, 0.2) is 116 Å². The van der Waals surface area contributed by atoms with E-state index in [1.165, 1.54) is 0 Å². The summed E-state index contributed by atoms with van der Waals surface area (Å²) in [5.41, 5.74) is 5.01. The summed E-state index contributed by atoms with van der Waals surface area (Å²) in [5.74, 6) is 1.60. The minimum atomic E-state index is -0.158. The molecule has 1 aliphatic heterocycles. The van der Waals surface area contributed by atoms with Crippen molar-refractivity contribution < 1.29 is 4.74 Å². The molecule has 1 fully saturated rings. The molecule has 0 radical (unpaired) electrons. The van der Waals surface area contributed by atoms with Crippen molar-refractivity contribution in [2.45, 2.75) is 19.0 Å². The lowest BCUT2D eigenvalue weighted by molar-refractivity contribution is 0.479. The van der Waals surface area contributed by atoms with Crippen LogP contribution >= 0.6 is 23.8 Å². The Morgan fingerprint density at radius 2 is 1.68 bits per heavy atom. The Morgan fingerprint density at radius 1 is 0.868 bits per heavy atom. The molecule has 5 nitrogen and oxygen atoms in total. The van der Waals surface area contributed by atoms with Gasteiger partial charge in [-0.25, -0.2) is 0 Å². The van der Waals surface area contributed by atoms with Crippen LogP contribution in [0.5, 0.6) is 11.5 Å². The maximum absolute atomic E-state index is 6.35. The molecule has 5 aromatic rings. The zero-order valence-corrected chi connectivity index (χ0v) is 22.2. The molecular formula is C31H25ClN4OS. The van der Waals surface area contributed by atoms with Gasteiger partial charge in [-0.3, -0.25) is 4.98 Å². The Balaban J connectivity index is 1.40. The smallest absolute Gasteiger partial charge is 0.174 e. The Hall–Kier alpha value is -4.13. The average molecular weight is 537 g/mol. The van der Waals surface area contributed by atoms with Crippen molar-refractivity contribution in [1.82, 2.24) is 14.9 Å². The summed E-state index contributed by atoms with van der Waals surface area (Å²) in [7, 11) is 0. The Kier molecular flexibility index (Phi) is 6.58. The van der Waals surface area contributed by atoms with Gasteiger partial charge in [-0.05, 0) is 97.5 Å². The van der Waals surface area contributed by atoms with Gasteiger partial charge in [-0.2, -0.15) is 0 Å². The number of rotatable bonds is 6. The molecule has 0 aliphatic carbocycles. The summed E-state index contributed by atoms with van der Waals surface area (Å²) in [5, 5.41) is 4.85. The molecule has 1 N–H and O–H groups in total. The summed E-state index contributed by atoms with van der Waals surface area (Å²) < 4.78 is 8.30. The van der Waals surface area contributed by atoms with Crippen LogP contribution < -0.4 is 15.0 Å². The lowest BCUT2D eigenvalue weighted by Gasteiger charge is -2.29. The number of thiocarbonyl (C=S) groups is 1. The van der Waals surface area contributed by atoms with E-state index in [-0.39, 0.29) is 12.1 Å². The van der Waals surface area contributed by atoms with Crippen LogP contribution in [-0.2, 0) is 0 Å². The van der Waals surface area contributed by atoms with Gasteiger partial charge in [0.15, 0.2) is 5.11 Å². The maximum atomic E-state index is 6.35. The molecule has 1 saturated heterocycles. The van der Waals surface area contributed by atoms with Crippen molar-refractivity contribution in [3.8, 4) is 17.2 Å². The molecule has 3 aromatic carbocycles. The van der Waals surface area contributed by atoms with E-state index < -0.39 is 0 Å². The van der Waals surface area contributed by atoms with Gasteiger partial charge in [0.25, 0.3) is 0 Å². The van der Waals surface area contributed by atoms with Crippen molar-refractivity contribution >= 4 is 34.6 Å². The molecule has 0 amide bonds. The molecule has 2 atom stereocenters. The van der Waals surface area contributed by atoms with E-state index in [9.17, 15) is 0 Å². The van der Waals surface area contributed by atoms with E-state index >= 15 is 0 Å². The summed E-state index contributed by atoms with van der Waals surface area (Å²) in [6.45, 7) is 2.04. The highest BCUT2D eigenvalue weighted by molar-refractivity contribution is 7.80.